The summed E-state index contributed by atoms with van der Waals surface area (Å²) in [7, 11) is 0. The van der Waals surface area contributed by atoms with Crippen LogP contribution in [-0.2, 0) is 0 Å². The van der Waals surface area contributed by atoms with Crippen molar-refractivity contribution in [1.82, 2.24) is 9.97 Å². The predicted molar refractivity (Wildman–Crippen MR) is 99.7 cm³/mol. The van der Waals surface area contributed by atoms with Crippen LogP contribution in [0.3, 0.4) is 0 Å². The van der Waals surface area contributed by atoms with Gasteiger partial charge in [-0.3, -0.25) is 4.79 Å². The summed E-state index contributed by atoms with van der Waals surface area (Å²) in [6, 6.07) is 7.60. The van der Waals surface area contributed by atoms with Crippen molar-refractivity contribution in [2.24, 2.45) is 0 Å². The van der Waals surface area contributed by atoms with E-state index in [2.05, 4.69) is 4.98 Å². The second kappa shape index (κ2) is 6.30. The maximum atomic E-state index is 12.7. The Kier molecular flexibility index (Phi) is 4.18. The van der Waals surface area contributed by atoms with Crippen molar-refractivity contribution in [3.8, 4) is 11.1 Å². The molecule has 6 heteroatoms. The van der Waals surface area contributed by atoms with Crippen molar-refractivity contribution in [1.29, 1.82) is 0 Å². The quantitative estimate of drug-likeness (QED) is 0.676. The number of halogens is 1. The summed E-state index contributed by atoms with van der Waals surface area (Å²) in [6.45, 7) is 0. The fourth-order valence-corrected chi connectivity index (χ4v) is 5.39. The maximum Gasteiger partial charge on any atom is 0.260 e. The predicted octanol–water partition coefficient (Wildman–Crippen LogP) is 5.26. The number of hydrogen-bond donors (Lipinski definition) is 1. The number of H-pyrrole nitrogens is 1. The van der Waals surface area contributed by atoms with E-state index in [0.29, 0.717) is 15.7 Å². The molecule has 4 rings (SSSR count). The molecular formula is C17H15ClN2OS2. The molecular weight excluding hydrogens is 348 g/mol. The minimum absolute atomic E-state index is 0.0626. The van der Waals surface area contributed by atoms with Crippen LogP contribution < -0.4 is 5.56 Å². The molecule has 0 amide bonds. The number of benzene rings is 1. The number of fused-ring (bicyclic) bond motifs is 1. The lowest BCUT2D eigenvalue weighted by Gasteiger charge is -2.20. The molecule has 0 bridgehead atoms. The third-order valence-electron chi connectivity index (χ3n) is 4.11. The molecule has 1 N–H and O–H groups in total. The fraction of sp³-hybridized carbons (Fsp3) is 0.294. The van der Waals surface area contributed by atoms with E-state index < -0.39 is 0 Å². The monoisotopic (exact) mass is 362 g/mol. The molecule has 1 atom stereocenters. The Morgan fingerprint density at radius 1 is 1.22 bits per heavy atom. The summed E-state index contributed by atoms with van der Waals surface area (Å²) in [5.41, 5.74) is 1.69. The molecule has 2 aromatic heterocycles. The minimum atomic E-state index is -0.0626. The lowest BCUT2D eigenvalue weighted by atomic mass is 10.1. The van der Waals surface area contributed by atoms with Crippen LogP contribution in [0.25, 0.3) is 21.3 Å². The highest BCUT2D eigenvalue weighted by Crippen LogP contribution is 2.38. The molecule has 1 fully saturated rings. The molecule has 23 heavy (non-hydrogen) atoms. The molecule has 3 heterocycles. The number of thioether (sulfide) groups is 1. The zero-order valence-electron chi connectivity index (χ0n) is 12.3. The van der Waals surface area contributed by atoms with Gasteiger partial charge in [-0.1, -0.05) is 36.2 Å². The lowest BCUT2D eigenvalue weighted by molar-refractivity contribution is 0.663. The average Bonchev–Trinajstić information content (AvgIpc) is 3.00. The summed E-state index contributed by atoms with van der Waals surface area (Å²) in [5.74, 6) is 1.96. The Morgan fingerprint density at radius 2 is 2.09 bits per heavy atom. The van der Waals surface area contributed by atoms with Gasteiger partial charge in [-0.2, -0.15) is 11.8 Å². The van der Waals surface area contributed by atoms with Crippen LogP contribution in [0.1, 0.15) is 30.3 Å². The molecule has 3 aromatic rings. The van der Waals surface area contributed by atoms with E-state index in [1.807, 2.05) is 41.4 Å². The van der Waals surface area contributed by atoms with Crippen LogP contribution in [0.5, 0.6) is 0 Å². The van der Waals surface area contributed by atoms with Crippen LogP contribution in [-0.4, -0.2) is 15.7 Å². The van der Waals surface area contributed by atoms with Gasteiger partial charge in [0.2, 0.25) is 0 Å². The molecule has 0 unspecified atom stereocenters. The van der Waals surface area contributed by atoms with Gasteiger partial charge in [0.25, 0.3) is 5.56 Å². The summed E-state index contributed by atoms with van der Waals surface area (Å²) in [6.07, 6.45) is 3.54. The van der Waals surface area contributed by atoms with Gasteiger partial charge in [0.1, 0.15) is 10.7 Å². The van der Waals surface area contributed by atoms with Gasteiger partial charge < -0.3 is 4.98 Å². The molecule has 0 saturated carbocycles. The zero-order valence-corrected chi connectivity index (χ0v) is 14.7. The Bertz CT molecular complexity index is 912. The Morgan fingerprint density at radius 3 is 2.87 bits per heavy atom. The van der Waals surface area contributed by atoms with Crippen molar-refractivity contribution in [2.45, 2.75) is 24.5 Å². The number of nitrogens with one attached hydrogen (secondary N) is 1. The number of aromatic nitrogens is 2. The summed E-state index contributed by atoms with van der Waals surface area (Å²) >= 11 is 9.69. The minimum Gasteiger partial charge on any atom is -0.309 e. The highest BCUT2D eigenvalue weighted by atomic mass is 35.5. The topological polar surface area (TPSA) is 45.8 Å². The Balaban J connectivity index is 1.84. The van der Waals surface area contributed by atoms with Gasteiger partial charge >= 0.3 is 0 Å². The Labute approximate surface area is 147 Å². The van der Waals surface area contributed by atoms with Crippen LogP contribution in [0.4, 0.5) is 0 Å². The van der Waals surface area contributed by atoms with Crippen LogP contribution >= 0.6 is 34.7 Å². The summed E-state index contributed by atoms with van der Waals surface area (Å²) in [4.78, 5) is 21.2. The lowest BCUT2D eigenvalue weighted by Crippen LogP contribution is -2.15. The van der Waals surface area contributed by atoms with Gasteiger partial charge in [-0.25, -0.2) is 4.98 Å². The molecule has 1 aliphatic heterocycles. The second-order valence-electron chi connectivity index (χ2n) is 5.62. The van der Waals surface area contributed by atoms with E-state index in [4.69, 9.17) is 16.6 Å². The van der Waals surface area contributed by atoms with Gasteiger partial charge in [-0.05, 0) is 24.7 Å². The first kappa shape index (κ1) is 15.2. The van der Waals surface area contributed by atoms with Crippen LogP contribution in [0, 0.1) is 0 Å². The molecule has 3 nitrogen and oxygen atoms in total. The number of nitrogens with zero attached hydrogens (tertiary/aromatic N) is 1. The normalized spacial score (nSPS) is 18.4. The number of thiophene rings is 1. The molecule has 0 radical (unpaired) electrons. The third kappa shape index (κ3) is 2.82. The number of aromatic amines is 1. The first-order valence-electron chi connectivity index (χ1n) is 7.62. The van der Waals surface area contributed by atoms with Gasteiger partial charge in [0, 0.05) is 21.5 Å². The van der Waals surface area contributed by atoms with Gasteiger partial charge in [0.05, 0.1) is 10.6 Å². The molecule has 0 spiro atoms. The van der Waals surface area contributed by atoms with Crippen molar-refractivity contribution in [2.75, 3.05) is 5.75 Å². The van der Waals surface area contributed by atoms with Gasteiger partial charge in [-0.15, -0.1) is 11.3 Å². The Hall–Kier alpha value is -1.30. The highest BCUT2D eigenvalue weighted by molar-refractivity contribution is 7.99. The van der Waals surface area contributed by atoms with Crippen molar-refractivity contribution >= 4 is 44.9 Å². The molecule has 118 valence electrons. The van der Waals surface area contributed by atoms with E-state index in [-0.39, 0.29) is 5.56 Å². The first-order chi connectivity index (χ1) is 11.2. The molecule has 1 aromatic carbocycles. The van der Waals surface area contributed by atoms with E-state index in [0.717, 1.165) is 34.0 Å². The number of rotatable bonds is 2. The van der Waals surface area contributed by atoms with E-state index in [9.17, 15) is 4.79 Å². The van der Waals surface area contributed by atoms with Crippen molar-refractivity contribution in [3.63, 3.8) is 0 Å². The van der Waals surface area contributed by atoms with Crippen molar-refractivity contribution in [3.05, 3.63) is 50.8 Å². The highest BCUT2D eigenvalue weighted by Gasteiger charge is 2.21. The van der Waals surface area contributed by atoms with Crippen LogP contribution in [0.2, 0.25) is 5.02 Å². The molecule has 0 aliphatic carbocycles. The third-order valence-corrected chi connectivity index (χ3v) is 6.70. The molecule has 1 saturated heterocycles. The van der Waals surface area contributed by atoms with E-state index in [1.165, 1.54) is 24.2 Å². The smallest absolute Gasteiger partial charge is 0.260 e. The second-order valence-corrected chi connectivity index (χ2v) is 8.19. The standard InChI is InChI=1S/C17H15ClN2OS2/c18-12-6-2-1-5-10(12)11-9-23-17-14(11)16(21)19-15(20-17)13-7-3-4-8-22-13/h1-2,5-6,9,13H,3-4,7-8H2,(H,19,20,21)/t13-/m1/s1. The SMILES string of the molecule is O=c1[nH]c([C@H]2CCCCS2)nc2scc(-c3ccccc3Cl)c12. The summed E-state index contributed by atoms with van der Waals surface area (Å²) in [5, 5.41) is 3.59. The molecule has 1 aliphatic rings. The largest absolute Gasteiger partial charge is 0.309 e. The fourth-order valence-electron chi connectivity index (χ4n) is 2.95. The van der Waals surface area contributed by atoms with Gasteiger partial charge in [0.15, 0.2) is 0 Å². The van der Waals surface area contributed by atoms with E-state index >= 15 is 0 Å². The van der Waals surface area contributed by atoms with Crippen LogP contribution in [0.15, 0.2) is 34.4 Å². The summed E-state index contributed by atoms with van der Waals surface area (Å²) < 4.78 is 0. The average molecular weight is 363 g/mol. The number of hydrogen-bond acceptors (Lipinski definition) is 4. The first-order valence-corrected chi connectivity index (χ1v) is 9.92. The zero-order chi connectivity index (χ0) is 15.8. The maximum absolute atomic E-state index is 12.7. The van der Waals surface area contributed by atoms with E-state index in [1.54, 1.807) is 0 Å². The van der Waals surface area contributed by atoms with Crippen molar-refractivity contribution < 1.29 is 0 Å².